The number of nitrogens with zero attached hydrogens (tertiary/aromatic N) is 7. The number of hydrogen-bond acceptors (Lipinski definition) is 3. The van der Waals surface area contributed by atoms with Crippen LogP contribution in [0, 0.1) is 0 Å². The largest absolute Gasteiger partial charge is 0.311 e. The van der Waals surface area contributed by atoms with Crippen molar-refractivity contribution in [3.63, 3.8) is 0 Å². The van der Waals surface area contributed by atoms with Crippen molar-refractivity contribution < 1.29 is 4.79 Å². The minimum absolute atomic E-state index is 0.205. The number of rotatable bonds is 4. The normalized spacial score (nSPS) is 9.32. The van der Waals surface area contributed by atoms with Gasteiger partial charge in [0, 0.05) is 39.5 Å². The predicted molar refractivity (Wildman–Crippen MR) is 83.2 cm³/mol. The summed E-state index contributed by atoms with van der Waals surface area (Å²) in [5.41, 5.74) is 18.8. The average Bonchev–Trinajstić information content (AvgIpc) is 2.55. The van der Waals surface area contributed by atoms with Gasteiger partial charge in [-0.25, -0.2) is 0 Å². The van der Waals surface area contributed by atoms with Crippen LogP contribution in [0.2, 0.25) is 0 Å². The van der Waals surface area contributed by atoms with Gasteiger partial charge in [0.1, 0.15) is 0 Å². The maximum atomic E-state index is 12.4. The van der Waals surface area contributed by atoms with Gasteiger partial charge in [-0.3, -0.25) is 4.79 Å². The van der Waals surface area contributed by atoms with Gasteiger partial charge in [0.15, 0.2) is 0 Å². The molecule has 0 fully saturated rings. The van der Waals surface area contributed by atoms with Crippen LogP contribution in [-0.4, -0.2) is 13.0 Å². The van der Waals surface area contributed by atoms with Crippen LogP contribution in [0.1, 0.15) is 10.4 Å². The Morgan fingerprint density at radius 2 is 1.36 bits per heavy atom. The zero-order valence-corrected chi connectivity index (χ0v) is 11.7. The van der Waals surface area contributed by atoms with E-state index in [9.17, 15) is 4.79 Å². The lowest BCUT2D eigenvalue weighted by molar-refractivity contribution is 0.0993. The van der Waals surface area contributed by atoms with Gasteiger partial charge in [0.25, 0.3) is 5.91 Å². The maximum absolute atomic E-state index is 12.4. The van der Waals surface area contributed by atoms with Crippen LogP contribution in [0.15, 0.2) is 58.8 Å². The molecule has 2 aromatic carbocycles. The van der Waals surface area contributed by atoms with Gasteiger partial charge in [0.2, 0.25) is 0 Å². The Morgan fingerprint density at radius 3 is 1.82 bits per heavy atom. The molecule has 0 aromatic heterocycles. The summed E-state index contributed by atoms with van der Waals surface area (Å²) in [4.78, 5) is 19.2. The zero-order chi connectivity index (χ0) is 15.9. The summed E-state index contributed by atoms with van der Waals surface area (Å²) in [5, 5.41) is 6.93. The summed E-state index contributed by atoms with van der Waals surface area (Å²) < 4.78 is 0. The molecule has 0 atom stereocenters. The highest BCUT2D eigenvalue weighted by molar-refractivity contribution is 6.05. The van der Waals surface area contributed by atoms with Gasteiger partial charge < -0.3 is 4.90 Å². The first-order valence-corrected chi connectivity index (χ1v) is 6.24. The second-order valence-electron chi connectivity index (χ2n) is 4.31. The van der Waals surface area contributed by atoms with Crippen LogP contribution in [0.3, 0.4) is 0 Å². The Hall–Kier alpha value is -3.47. The Labute approximate surface area is 125 Å². The number of benzene rings is 2. The highest BCUT2D eigenvalue weighted by atomic mass is 16.2. The molecule has 0 N–H and O–H groups in total. The molecule has 0 saturated carbocycles. The van der Waals surface area contributed by atoms with Crippen LogP contribution in [0.5, 0.6) is 0 Å². The van der Waals surface area contributed by atoms with Crippen molar-refractivity contribution in [2.75, 3.05) is 11.9 Å². The first-order chi connectivity index (χ1) is 10.7. The monoisotopic (exact) mass is 293 g/mol. The van der Waals surface area contributed by atoms with Crippen molar-refractivity contribution in [2.45, 2.75) is 0 Å². The Bertz CT molecular complexity index is 770. The molecule has 2 rings (SSSR count). The third-order valence-electron chi connectivity index (χ3n) is 2.98. The van der Waals surface area contributed by atoms with Crippen LogP contribution in [0.25, 0.3) is 20.9 Å². The molecule has 8 nitrogen and oxygen atoms in total. The lowest BCUT2D eigenvalue weighted by Crippen LogP contribution is -2.25. The topological polar surface area (TPSA) is 118 Å². The molecule has 0 aliphatic rings. The van der Waals surface area contributed by atoms with Crippen LogP contribution in [0.4, 0.5) is 17.1 Å². The Balaban J connectivity index is 2.20. The summed E-state index contributed by atoms with van der Waals surface area (Å²) >= 11 is 0. The molecular weight excluding hydrogens is 282 g/mol. The Morgan fingerprint density at radius 1 is 0.909 bits per heavy atom. The van der Waals surface area contributed by atoms with Crippen molar-refractivity contribution in [1.82, 2.24) is 0 Å². The van der Waals surface area contributed by atoms with Gasteiger partial charge in [-0.15, -0.1) is 0 Å². The molecule has 2 aromatic rings. The predicted octanol–water partition coefficient (Wildman–Crippen LogP) is 4.85. The number of carbonyl (C=O) groups is 1. The molecule has 0 saturated heterocycles. The molecule has 0 aliphatic carbocycles. The number of carbonyl (C=O) groups excluding carboxylic acids is 1. The molecule has 0 heterocycles. The van der Waals surface area contributed by atoms with Crippen LogP contribution < -0.4 is 4.90 Å². The van der Waals surface area contributed by atoms with E-state index < -0.39 is 0 Å². The van der Waals surface area contributed by atoms with Crippen molar-refractivity contribution in [3.05, 3.63) is 75.0 Å². The molecule has 0 aliphatic heterocycles. The second-order valence-corrected chi connectivity index (χ2v) is 4.31. The first-order valence-electron chi connectivity index (χ1n) is 6.24. The fourth-order valence-corrected chi connectivity index (χ4v) is 1.83. The van der Waals surface area contributed by atoms with E-state index in [1.165, 1.54) is 4.90 Å². The van der Waals surface area contributed by atoms with Crippen LogP contribution in [-0.2, 0) is 0 Å². The van der Waals surface area contributed by atoms with E-state index in [2.05, 4.69) is 20.1 Å². The molecule has 0 unspecified atom stereocenters. The zero-order valence-electron chi connectivity index (χ0n) is 11.7. The number of anilines is 1. The fourth-order valence-electron chi connectivity index (χ4n) is 1.83. The fraction of sp³-hybridized carbons (Fsp3) is 0.0714. The first kappa shape index (κ1) is 14.9. The maximum Gasteiger partial charge on any atom is 0.258 e. The minimum atomic E-state index is -0.205. The van der Waals surface area contributed by atoms with Crippen molar-refractivity contribution in [3.8, 4) is 0 Å². The van der Waals surface area contributed by atoms with Crippen molar-refractivity contribution >= 4 is 23.0 Å². The van der Waals surface area contributed by atoms with Gasteiger partial charge in [0.05, 0.1) is 0 Å². The van der Waals surface area contributed by atoms with Gasteiger partial charge >= 0.3 is 0 Å². The summed E-state index contributed by atoms with van der Waals surface area (Å²) in [6.45, 7) is 0. The van der Waals surface area contributed by atoms with Crippen molar-refractivity contribution in [2.24, 2.45) is 10.2 Å². The van der Waals surface area contributed by atoms with Gasteiger partial charge in [-0.05, 0) is 35.3 Å². The molecule has 1 amide bonds. The molecule has 22 heavy (non-hydrogen) atoms. The summed E-state index contributed by atoms with van der Waals surface area (Å²) in [6, 6.07) is 13.0. The van der Waals surface area contributed by atoms with E-state index in [-0.39, 0.29) is 5.91 Å². The highest BCUT2D eigenvalue weighted by Gasteiger charge is 2.13. The Kier molecular flexibility index (Phi) is 4.62. The third kappa shape index (κ3) is 3.34. The molecule has 0 bridgehead atoms. The smallest absolute Gasteiger partial charge is 0.258 e. The third-order valence-corrected chi connectivity index (χ3v) is 2.98. The standard InChI is InChI=1S/C14H11N7O/c1-21(13-8-6-12(7-9-13)18-20-16)14(22)10-2-4-11(5-3-10)17-19-15/h2-9H,1H3. The van der Waals surface area contributed by atoms with E-state index in [1.54, 1.807) is 55.6 Å². The van der Waals surface area contributed by atoms with E-state index in [4.69, 9.17) is 11.1 Å². The van der Waals surface area contributed by atoms with Gasteiger partial charge in [-0.2, -0.15) is 0 Å². The van der Waals surface area contributed by atoms with Crippen LogP contribution >= 0.6 is 0 Å². The highest BCUT2D eigenvalue weighted by Crippen LogP contribution is 2.21. The lowest BCUT2D eigenvalue weighted by Gasteiger charge is -2.17. The molecular formula is C14H11N7O. The van der Waals surface area contributed by atoms with E-state index in [0.29, 0.717) is 22.6 Å². The van der Waals surface area contributed by atoms with E-state index in [1.807, 2.05) is 0 Å². The van der Waals surface area contributed by atoms with Crippen molar-refractivity contribution in [1.29, 1.82) is 0 Å². The molecule has 108 valence electrons. The SMILES string of the molecule is CN(C(=O)c1ccc(N=[N+]=[N-])cc1)c1ccc(N=[N+]=[N-])cc1. The van der Waals surface area contributed by atoms with E-state index in [0.717, 1.165) is 0 Å². The lowest BCUT2D eigenvalue weighted by atomic mass is 10.1. The summed E-state index contributed by atoms with van der Waals surface area (Å²) in [7, 11) is 1.65. The molecule has 8 heteroatoms. The van der Waals surface area contributed by atoms with E-state index >= 15 is 0 Å². The number of amides is 1. The summed E-state index contributed by atoms with van der Waals surface area (Å²) in [6.07, 6.45) is 0. The number of hydrogen-bond donors (Lipinski definition) is 0. The quantitative estimate of drug-likeness (QED) is 0.447. The number of azide groups is 2. The minimum Gasteiger partial charge on any atom is -0.311 e. The molecule has 0 spiro atoms. The second kappa shape index (κ2) is 6.81. The molecule has 0 radical (unpaired) electrons. The van der Waals surface area contributed by atoms with Gasteiger partial charge in [-0.1, -0.05) is 34.5 Å². The summed E-state index contributed by atoms with van der Waals surface area (Å²) in [5.74, 6) is -0.205. The average molecular weight is 293 g/mol.